The molecule has 0 aliphatic carbocycles. The van der Waals surface area contributed by atoms with Crippen molar-refractivity contribution in [1.82, 2.24) is 29.9 Å². The Morgan fingerprint density at radius 1 is 0.500 bits per heavy atom. The number of benzene rings is 2. The van der Waals surface area contributed by atoms with Crippen molar-refractivity contribution in [2.24, 2.45) is 11.8 Å². The molecule has 16 N–H and O–H groups in total. The highest BCUT2D eigenvalue weighted by Crippen LogP contribution is 2.29. The minimum absolute atomic E-state index is 0.115. The van der Waals surface area contributed by atoms with Crippen molar-refractivity contribution in [3.05, 3.63) is 47.5 Å². The Kier molecular flexibility index (Phi) is 22.4. The second-order valence-electron chi connectivity index (χ2n) is 15.8. The van der Waals surface area contributed by atoms with E-state index in [1.807, 2.05) is 0 Å². The molecule has 2 heterocycles. The van der Waals surface area contributed by atoms with Crippen LogP contribution in [0.3, 0.4) is 0 Å². The molecule has 0 amide bonds. The highest BCUT2D eigenvalue weighted by Gasteiger charge is 2.26. The first-order chi connectivity index (χ1) is 34.7. The van der Waals surface area contributed by atoms with E-state index in [1.54, 1.807) is 0 Å². The van der Waals surface area contributed by atoms with Crippen LogP contribution >= 0.6 is 0 Å². The minimum atomic E-state index is -5.11. The van der Waals surface area contributed by atoms with E-state index in [1.165, 1.54) is 21.9 Å². The fourth-order valence-electron chi connectivity index (χ4n) is 6.50. The van der Waals surface area contributed by atoms with Crippen LogP contribution in [0.4, 0.5) is 47.1 Å². The molecule has 4 unspecified atom stereocenters. The molecule has 0 saturated heterocycles. The van der Waals surface area contributed by atoms with Crippen LogP contribution in [0.25, 0.3) is 12.2 Å². The number of rotatable bonds is 32. The molecule has 2 aromatic heterocycles. The minimum Gasteiger partial charge on any atom is -0.396 e. The van der Waals surface area contributed by atoms with Crippen molar-refractivity contribution in [2.75, 3.05) is 121 Å². The first kappa shape index (κ1) is 60.9. The van der Waals surface area contributed by atoms with Gasteiger partial charge in [-0.3, -0.25) is 18.2 Å². The Morgan fingerprint density at radius 3 is 1.15 bits per heavy atom. The molecule has 0 radical (unpaired) electrons. The fraction of sp³-hybridized carbons (Fsp3) is 0.474. The van der Waals surface area contributed by atoms with Gasteiger partial charge in [-0.2, -0.15) is 63.6 Å². The van der Waals surface area contributed by atoms with E-state index in [9.17, 15) is 92.7 Å². The molecule has 4 rings (SSSR count). The molecule has 0 saturated carbocycles. The Balaban J connectivity index is 1.74. The molecule has 0 spiro atoms. The normalized spacial score (nSPS) is 14.1. The second-order valence-corrected chi connectivity index (χ2v) is 21.7. The summed E-state index contributed by atoms with van der Waals surface area (Å²) < 4.78 is 136. The van der Waals surface area contributed by atoms with Crippen LogP contribution in [0.1, 0.15) is 11.1 Å². The lowest BCUT2D eigenvalue weighted by molar-refractivity contribution is 0.0251. The standard InChI is InChI=1S/C38H56N12O20S4/c51-11-9-49(17-25(19-53)29(57)21-55)37-45-33(39-7-13-71(59,60)61)43-35(47-37)41-27-5-3-23(31(15-27)73(65,66)67)1-2-24-4-6-28(16-32(24)74(68,69)70)42-36-44-34(40-8-14-72(62,63)64)46-38(48-36)50(10-12-52)18-26(20-54)30(58)22-56/h1-6,15-16,25-26,29-30,51-58H,7-14,17-22H2,(H,59,60,61)(H,62,63,64)(H,65,66,67)(H,68,69,70)(H2,39,41,43,45,47)(H2,40,42,44,46,48). The first-order valence-corrected chi connectivity index (χ1v) is 27.7. The molecule has 0 fully saturated rings. The van der Waals surface area contributed by atoms with Gasteiger partial charge in [0, 0.05) is 62.5 Å². The van der Waals surface area contributed by atoms with Crippen LogP contribution in [0.2, 0.25) is 0 Å². The number of hydrogen-bond donors (Lipinski definition) is 16. The summed E-state index contributed by atoms with van der Waals surface area (Å²) in [6, 6.07) is 6.68. The lowest BCUT2D eigenvalue weighted by atomic mass is 10.0. The van der Waals surface area contributed by atoms with Gasteiger partial charge in [0.2, 0.25) is 35.7 Å². The third-order valence-corrected chi connectivity index (χ3v) is 13.5. The van der Waals surface area contributed by atoms with Gasteiger partial charge >= 0.3 is 0 Å². The summed E-state index contributed by atoms with van der Waals surface area (Å²) in [5, 5.41) is 89.2. The van der Waals surface area contributed by atoms with Crippen LogP contribution in [0.15, 0.2) is 46.2 Å². The highest BCUT2D eigenvalue weighted by atomic mass is 32.2. The average Bonchev–Trinajstić information content (AvgIpc) is 3.32. The van der Waals surface area contributed by atoms with Gasteiger partial charge in [0.25, 0.3) is 40.5 Å². The monoisotopic (exact) mass is 1130 g/mol. The quantitative estimate of drug-likeness (QED) is 0.0165. The summed E-state index contributed by atoms with van der Waals surface area (Å²) >= 11 is 0. The van der Waals surface area contributed by atoms with E-state index < -0.39 is 139 Å². The topological polar surface area (TPSA) is 511 Å². The molecule has 0 bridgehead atoms. The summed E-state index contributed by atoms with van der Waals surface area (Å²) in [5.41, 5.74) is -0.718. The van der Waals surface area contributed by atoms with Gasteiger partial charge in [-0.15, -0.1) is 0 Å². The van der Waals surface area contributed by atoms with Crippen LogP contribution in [0.5, 0.6) is 0 Å². The Morgan fingerprint density at radius 2 is 0.851 bits per heavy atom. The van der Waals surface area contributed by atoms with Gasteiger partial charge in [0.1, 0.15) is 9.79 Å². The van der Waals surface area contributed by atoms with E-state index in [2.05, 4.69) is 51.2 Å². The molecule has 36 heteroatoms. The number of anilines is 8. The number of hydrogen-bond acceptors (Lipinski definition) is 28. The van der Waals surface area contributed by atoms with Crippen molar-refractivity contribution in [1.29, 1.82) is 0 Å². The van der Waals surface area contributed by atoms with Crippen molar-refractivity contribution in [3.63, 3.8) is 0 Å². The lowest BCUT2D eigenvalue weighted by Crippen LogP contribution is -2.41. The van der Waals surface area contributed by atoms with Gasteiger partial charge in [0.15, 0.2) is 0 Å². The summed E-state index contributed by atoms with van der Waals surface area (Å²) in [7, 11) is -19.1. The zero-order valence-corrected chi connectivity index (χ0v) is 41.9. The largest absolute Gasteiger partial charge is 0.396 e. The first-order valence-electron chi connectivity index (χ1n) is 21.6. The van der Waals surface area contributed by atoms with Crippen molar-refractivity contribution in [2.45, 2.75) is 22.0 Å². The molecule has 0 aliphatic rings. The van der Waals surface area contributed by atoms with Gasteiger partial charge < -0.3 is 71.9 Å². The SMILES string of the molecule is O=S(=O)(O)CCNc1nc(Nc2ccc(C=Cc3ccc(Nc4nc(NCCS(=O)(=O)O)nc(N(CCO)CC(CO)C(O)CO)n4)cc3S(=O)(=O)O)c(S(=O)(=O)O)c2)nc(N(CCO)CC(CO)C(O)CO)n1. The number of nitrogens with zero attached hydrogens (tertiary/aromatic N) is 8. The molecular formula is C38H56N12O20S4. The molecule has 4 atom stereocenters. The van der Waals surface area contributed by atoms with E-state index in [4.69, 9.17) is 0 Å². The average molecular weight is 1130 g/mol. The fourth-order valence-corrected chi connectivity index (χ4v) is 8.64. The van der Waals surface area contributed by atoms with Crippen LogP contribution in [-0.4, -0.2) is 225 Å². The summed E-state index contributed by atoms with van der Waals surface area (Å²) in [4.78, 5) is 26.1. The third kappa shape index (κ3) is 19.2. The molecule has 412 valence electrons. The van der Waals surface area contributed by atoms with Gasteiger partial charge in [-0.25, -0.2) is 0 Å². The number of aliphatic hydroxyl groups is 8. The van der Waals surface area contributed by atoms with Crippen molar-refractivity contribution in [3.8, 4) is 0 Å². The molecule has 32 nitrogen and oxygen atoms in total. The Hall–Kier alpha value is -5.68. The molecule has 4 aromatic rings. The van der Waals surface area contributed by atoms with E-state index in [-0.39, 0.29) is 84.4 Å². The number of aliphatic hydroxyl groups excluding tert-OH is 8. The number of nitrogens with one attached hydrogen (secondary N) is 4. The maximum atomic E-state index is 12.8. The third-order valence-electron chi connectivity index (χ3n) is 10.2. The van der Waals surface area contributed by atoms with Crippen LogP contribution in [0, 0.1) is 11.8 Å². The Labute approximate surface area is 423 Å². The summed E-state index contributed by atoms with van der Waals surface area (Å²) in [6.45, 7) is -5.55. The second kappa shape index (κ2) is 27.2. The predicted octanol–water partition coefficient (Wildman–Crippen LogP) is -3.67. The number of aromatic nitrogens is 6. The zero-order valence-electron chi connectivity index (χ0n) is 38.7. The maximum Gasteiger partial charge on any atom is 0.295 e. The molecular weight excluding hydrogens is 1070 g/mol. The molecule has 2 aromatic carbocycles. The van der Waals surface area contributed by atoms with Crippen molar-refractivity contribution < 1.29 is 92.7 Å². The highest BCUT2D eigenvalue weighted by molar-refractivity contribution is 7.86. The van der Waals surface area contributed by atoms with E-state index in [0.717, 1.165) is 36.4 Å². The predicted molar refractivity (Wildman–Crippen MR) is 263 cm³/mol. The van der Waals surface area contributed by atoms with Crippen molar-refractivity contribution >= 4 is 99.7 Å². The Bertz CT molecular complexity index is 2800. The summed E-state index contributed by atoms with van der Waals surface area (Å²) in [5.74, 6) is -5.44. The van der Waals surface area contributed by atoms with Gasteiger partial charge in [-0.1, -0.05) is 24.3 Å². The zero-order chi connectivity index (χ0) is 55.0. The van der Waals surface area contributed by atoms with Gasteiger partial charge in [-0.05, 0) is 35.4 Å². The lowest BCUT2D eigenvalue weighted by Gasteiger charge is -2.28. The van der Waals surface area contributed by atoms with Crippen LogP contribution in [-0.2, 0) is 40.5 Å². The van der Waals surface area contributed by atoms with Gasteiger partial charge in [0.05, 0.1) is 63.4 Å². The molecule has 74 heavy (non-hydrogen) atoms. The van der Waals surface area contributed by atoms with Crippen LogP contribution < -0.4 is 31.1 Å². The summed E-state index contributed by atoms with van der Waals surface area (Å²) in [6.07, 6.45) is -0.699. The maximum absolute atomic E-state index is 12.8. The smallest absolute Gasteiger partial charge is 0.295 e. The van der Waals surface area contributed by atoms with E-state index in [0.29, 0.717) is 0 Å². The molecule has 0 aliphatic heterocycles. The van der Waals surface area contributed by atoms with E-state index >= 15 is 0 Å².